The molecule has 0 N–H and O–H groups in total. The summed E-state index contributed by atoms with van der Waals surface area (Å²) in [5, 5.41) is 0. The van der Waals surface area contributed by atoms with Crippen LogP contribution in [-0.2, 0) is 4.74 Å². The lowest BCUT2D eigenvalue weighted by Gasteiger charge is -2.05. The molecule has 0 heterocycles. The molecular formula is C15H40O. The number of rotatable bonds is 1. The molecule has 0 aliphatic rings. The normalized spacial score (nSPS) is 7.88. The molecule has 0 aromatic rings. The van der Waals surface area contributed by atoms with Crippen LogP contribution in [0.5, 0.6) is 0 Å². The van der Waals surface area contributed by atoms with Crippen LogP contribution in [0.25, 0.3) is 0 Å². The Bertz CT molecular complexity index is 52.3. The average molecular weight is 236 g/mol. The maximum Gasteiger partial charge on any atom is 0.0351 e. The molecule has 0 fully saturated rings. The van der Waals surface area contributed by atoms with Gasteiger partial charge >= 0.3 is 0 Å². The van der Waals surface area contributed by atoms with Crippen molar-refractivity contribution in [2.45, 2.75) is 82.1 Å². The smallest absolute Gasteiger partial charge is 0.0351 e. The second-order valence-corrected chi connectivity index (χ2v) is 5.12. The standard InChI is InChI=1S/C5H12.C4H10.C3H8.C2H6O.CH4/c1-5(2,3)4;1-3-4-2;2*1-3-2;/h1-4H3;3-4H2,1-2H3;3H2,1-2H3;1-2H3;1H4. The number of ether oxygens (including phenoxy) is 1. The monoisotopic (exact) mass is 236 g/mol. The quantitative estimate of drug-likeness (QED) is 0.528. The fourth-order valence-electron chi connectivity index (χ4n) is 0. The van der Waals surface area contributed by atoms with E-state index in [1.807, 2.05) is 0 Å². The van der Waals surface area contributed by atoms with Gasteiger partial charge in [-0.1, -0.05) is 82.1 Å². The topological polar surface area (TPSA) is 9.23 Å². The first kappa shape index (κ1) is 29.7. The second-order valence-electron chi connectivity index (χ2n) is 5.12. The summed E-state index contributed by atoms with van der Waals surface area (Å²) in [6, 6.07) is 0. The number of unbranched alkanes of at least 4 members (excludes halogenated alkanes) is 1. The third-order valence-corrected chi connectivity index (χ3v) is 0.500. The molecule has 0 saturated heterocycles. The zero-order valence-corrected chi connectivity index (χ0v) is 13.0. The summed E-state index contributed by atoms with van der Waals surface area (Å²) in [4.78, 5) is 0. The minimum absolute atomic E-state index is 0. The Morgan fingerprint density at radius 1 is 0.750 bits per heavy atom. The molecule has 0 aliphatic heterocycles. The van der Waals surface area contributed by atoms with Crippen LogP contribution in [0.3, 0.4) is 0 Å². The van der Waals surface area contributed by atoms with Crippen LogP contribution < -0.4 is 0 Å². The van der Waals surface area contributed by atoms with E-state index in [-0.39, 0.29) is 7.43 Å². The minimum Gasteiger partial charge on any atom is -0.388 e. The largest absolute Gasteiger partial charge is 0.388 e. The first-order valence-electron chi connectivity index (χ1n) is 6.14. The molecule has 0 aliphatic carbocycles. The van der Waals surface area contributed by atoms with E-state index in [4.69, 9.17) is 0 Å². The van der Waals surface area contributed by atoms with Gasteiger partial charge in [0, 0.05) is 14.2 Å². The van der Waals surface area contributed by atoms with Gasteiger partial charge in [0.05, 0.1) is 0 Å². The maximum absolute atomic E-state index is 4.25. The molecule has 0 bridgehead atoms. The lowest BCUT2D eigenvalue weighted by Crippen LogP contribution is -1.93. The summed E-state index contributed by atoms with van der Waals surface area (Å²) in [6.45, 7) is 17.4. The lowest BCUT2D eigenvalue weighted by molar-refractivity contribution is 0.277. The van der Waals surface area contributed by atoms with Gasteiger partial charge in [0.1, 0.15) is 0 Å². The molecule has 0 aromatic carbocycles. The Hall–Kier alpha value is -0.0400. The molecule has 0 aromatic heterocycles. The Morgan fingerprint density at radius 2 is 0.812 bits per heavy atom. The van der Waals surface area contributed by atoms with Crippen molar-refractivity contribution in [2.24, 2.45) is 5.41 Å². The Balaban J connectivity index is -0.0000000338. The van der Waals surface area contributed by atoms with Crippen LogP contribution in [0.4, 0.5) is 0 Å². The van der Waals surface area contributed by atoms with Gasteiger partial charge in [-0.2, -0.15) is 0 Å². The molecule has 0 radical (unpaired) electrons. The summed E-state index contributed by atoms with van der Waals surface area (Å²) in [6.07, 6.45) is 3.89. The number of methoxy groups -OCH3 is 1. The van der Waals surface area contributed by atoms with Gasteiger partial charge in [-0.15, -0.1) is 0 Å². The average Bonchev–Trinajstić information content (AvgIpc) is 2.04. The maximum atomic E-state index is 4.25. The molecule has 16 heavy (non-hydrogen) atoms. The molecule has 0 rings (SSSR count). The molecule has 0 amide bonds. The number of hydrogen-bond donors (Lipinski definition) is 0. The Morgan fingerprint density at radius 3 is 0.812 bits per heavy atom. The van der Waals surface area contributed by atoms with E-state index in [0.29, 0.717) is 5.41 Å². The highest BCUT2D eigenvalue weighted by atomic mass is 16.4. The fraction of sp³-hybridized carbons (Fsp3) is 1.00. The third kappa shape index (κ3) is 2540. The van der Waals surface area contributed by atoms with Crippen LogP contribution >= 0.6 is 0 Å². The van der Waals surface area contributed by atoms with Crippen molar-refractivity contribution in [3.63, 3.8) is 0 Å². The molecule has 106 valence electrons. The highest BCUT2D eigenvalue weighted by Gasteiger charge is 1.95. The van der Waals surface area contributed by atoms with Crippen LogP contribution in [0, 0.1) is 5.41 Å². The molecule has 0 atom stereocenters. The molecule has 0 spiro atoms. The van der Waals surface area contributed by atoms with Crippen molar-refractivity contribution < 1.29 is 4.74 Å². The fourth-order valence-corrected chi connectivity index (χ4v) is 0. The van der Waals surface area contributed by atoms with Crippen LogP contribution in [0.15, 0.2) is 0 Å². The van der Waals surface area contributed by atoms with Crippen molar-refractivity contribution in [3.05, 3.63) is 0 Å². The lowest BCUT2D eigenvalue weighted by atomic mass is 10.0. The minimum atomic E-state index is 0. The summed E-state index contributed by atoms with van der Waals surface area (Å²) in [5.74, 6) is 0. The second kappa shape index (κ2) is 29.4. The number of hydrogen-bond acceptors (Lipinski definition) is 1. The van der Waals surface area contributed by atoms with E-state index >= 15 is 0 Å². The summed E-state index contributed by atoms with van der Waals surface area (Å²) >= 11 is 0. The van der Waals surface area contributed by atoms with Crippen molar-refractivity contribution >= 4 is 0 Å². The van der Waals surface area contributed by atoms with E-state index < -0.39 is 0 Å². The van der Waals surface area contributed by atoms with Gasteiger partial charge in [0.25, 0.3) is 0 Å². The predicted molar refractivity (Wildman–Crippen MR) is 81.3 cm³/mol. The van der Waals surface area contributed by atoms with Crippen LogP contribution in [0.1, 0.15) is 82.1 Å². The molecule has 0 saturated carbocycles. The first-order valence-corrected chi connectivity index (χ1v) is 6.14. The summed E-state index contributed by atoms with van der Waals surface area (Å²) in [7, 11) is 3.25. The molecule has 0 unspecified atom stereocenters. The third-order valence-electron chi connectivity index (χ3n) is 0.500. The van der Waals surface area contributed by atoms with Crippen molar-refractivity contribution in [3.8, 4) is 0 Å². The Kier molecular flexibility index (Phi) is 54.6. The van der Waals surface area contributed by atoms with Gasteiger partial charge in [-0.05, 0) is 5.41 Å². The SMILES string of the molecule is C.CC(C)(C)C.CCC.CCCC.COC. The molecular weight excluding hydrogens is 196 g/mol. The zero-order chi connectivity index (χ0) is 13.3. The van der Waals surface area contributed by atoms with E-state index in [0.717, 1.165) is 0 Å². The molecule has 1 nitrogen and oxygen atoms in total. The summed E-state index contributed by atoms with van der Waals surface area (Å²) < 4.78 is 4.25. The van der Waals surface area contributed by atoms with E-state index in [1.54, 1.807) is 14.2 Å². The van der Waals surface area contributed by atoms with Gasteiger partial charge in [0.15, 0.2) is 0 Å². The van der Waals surface area contributed by atoms with E-state index in [2.05, 4.69) is 60.1 Å². The van der Waals surface area contributed by atoms with Crippen molar-refractivity contribution in [1.29, 1.82) is 0 Å². The van der Waals surface area contributed by atoms with Gasteiger partial charge < -0.3 is 4.74 Å². The van der Waals surface area contributed by atoms with E-state index in [9.17, 15) is 0 Å². The van der Waals surface area contributed by atoms with Gasteiger partial charge in [-0.25, -0.2) is 0 Å². The molecule has 1 heteroatoms. The predicted octanol–water partition coefficient (Wildman–Crippen LogP) is 6.17. The highest BCUT2D eigenvalue weighted by molar-refractivity contribution is 4.47. The van der Waals surface area contributed by atoms with Crippen molar-refractivity contribution in [1.82, 2.24) is 0 Å². The zero-order valence-electron chi connectivity index (χ0n) is 13.0. The van der Waals surface area contributed by atoms with Crippen LogP contribution in [0.2, 0.25) is 0 Å². The highest BCUT2D eigenvalue weighted by Crippen LogP contribution is 2.08. The van der Waals surface area contributed by atoms with Crippen LogP contribution in [-0.4, -0.2) is 14.2 Å². The summed E-state index contributed by atoms with van der Waals surface area (Å²) in [5.41, 5.74) is 0.500. The van der Waals surface area contributed by atoms with Gasteiger partial charge in [-0.3, -0.25) is 0 Å². The van der Waals surface area contributed by atoms with Crippen molar-refractivity contribution in [2.75, 3.05) is 14.2 Å². The first-order chi connectivity index (χ1) is 6.74. The Labute approximate surface area is 107 Å². The van der Waals surface area contributed by atoms with Gasteiger partial charge in [0.2, 0.25) is 0 Å². The van der Waals surface area contributed by atoms with E-state index in [1.165, 1.54) is 19.3 Å².